The minimum atomic E-state index is 0.101. The number of aryl methyl sites for hydroxylation is 1. The van der Waals surface area contributed by atoms with Crippen LogP contribution in [0.2, 0.25) is 0 Å². The SMILES string of the molecule is Cc1ccc(-c2ccc3cc(CO)ccc3c2)cc1C12CC3CC(CC(C3)C1)C2. The first-order valence-corrected chi connectivity index (χ1v) is 11.4. The van der Waals surface area contributed by atoms with Crippen molar-refractivity contribution in [1.82, 2.24) is 0 Å². The Morgan fingerprint density at radius 3 is 2.03 bits per heavy atom. The Kier molecular flexibility index (Phi) is 3.93. The van der Waals surface area contributed by atoms with Gasteiger partial charge in [-0.15, -0.1) is 0 Å². The smallest absolute Gasteiger partial charge is 0.0682 e. The van der Waals surface area contributed by atoms with E-state index in [9.17, 15) is 5.11 Å². The molecule has 3 aromatic rings. The van der Waals surface area contributed by atoms with Crippen molar-refractivity contribution in [3.63, 3.8) is 0 Å². The van der Waals surface area contributed by atoms with Gasteiger partial charge in [0, 0.05) is 0 Å². The maximum atomic E-state index is 9.40. The number of aliphatic hydroxyl groups excluding tert-OH is 1. The summed E-state index contributed by atoms with van der Waals surface area (Å²) in [6.45, 7) is 2.43. The topological polar surface area (TPSA) is 20.2 Å². The third-order valence-electron chi connectivity index (χ3n) is 8.27. The van der Waals surface area contributed by atoms with Gasteiger partial charge in [-0.1, -0.05) is 42.5 Å². The third kappa shape index (κ3) is 2.86. The quantitative estimate of drug-likeness (QED) is 0.529. The van der Waals surface area contributed by atoms with E-state index < -0.39 is 0 Å². The van der Waals surface area contributed by atoms with Gasteiger partial charge in [-0.2, -0.15) is 0 Å². The summed E-state index contributed by atoms with van der Waals surface area (Å²) in [5.74, 6) is 2.93. The Morgan fingerprint density at radius 2 is 1.34 bits per heavy atom. The number of rotatable bonds is 3. The number of benzene rings is 3. The lowest BCUT2D eigenvalue weighted by atomic mass is 9.47. The summed E-state index contributed by atoms with van der Waals surface area (Å²) in [6, 6.07) is 20.2. The van der Waals surface area contributed by atoms with Crippen LogP contribution in [0.3, 0.4) is 0 Å². The molecule has 0 saturated heterocycles. The summed E-state index contributed by atoms with van der Waals surface area (Å²) in [6.07, 6.45) is 8.76. The fourth-order valence-electron chi connectivity index (χ4n) is 7.39. The summed E-state index contributed by atoms with van der Waals surface area (Å²) in [4.78, 5) is 0. The zero-order valence-corrected chi connectivity index (χ0v) is 17.3. The number of hydrogen-bond acceptors (Lipinski definition) is 1. The Morgan fingerprint density at radius 1 is 0.759 bits per heavy atom. The number of fused-ring (bicyclic) bond motifs is 1. The molecule has 29 heavy (non-hydrogen) atoms. The van der Waals surface area contributed by atoms with E-state index in [4.69, 9.17) is 0 Å². The van der Waals surface area contributed by atoms with Gasteiger partial charge in [-0.05, 0) is 119 Å². The van der Waals surface area contributed by atoms with Crippen LogP contribution in [0.15, 0.2) is 54.6 Å². The van der Waals surface area contributed by atoms with Crippen molar-refractivity contribution in [1.29, 1.82) is 0 Å². The monoisotopic (exact) mass is 382 g/mol. The van der Waals surface area contributed by atoms with E-state index in [-0.39, 0.29) is 6.61 Å². The zero-order valence-electron chi connectivity index (χ0n) is 17.3. The Hall–Kier alpha value is -2.12. The van der Waals surface area contributed by atoms with Crippen molar-refractivity contribution < 1.29 is 5.11 Å². The third-order valence-corrected chi connectivity index (χ3v) is 8.27. The van der Waals surface area contributed by atoms with Crippen molar-refractivity contribution >= 4 is 10.8 Å². The van der Waals surface area contributed by atoms with Crippen molar-refractivity contribution in [3.8, 4) is 11.1 Å². The lowest BCUT2D eigenvalue weighted by Crippen LogP contribution is -2.48. The molecule has 0 amide bonds. The van der Waals surface area contributed by atoms with Crippen molar-refractivity contribution in [2.75, 3.05) is 0 Å². The second-order valence-corrected chi connectivity index (χ2v) is 10.3. The molecule has 4 aliphatic carbocycles. The van der Waals surface area contributed by atoms with Gasteiger partial charge in [0.15, 0.2) is 0 Å². The van der Waals surface area contributed by atoms with E-state index in [0.717, 1.165) is 23.3 Å². The van der Waals surface area contributed by atoms with E-state index in [1.54, 1.807) is 5.56 Å². The van der Waals surface area contributed by atoms with Crippen LogP contribution in [0.5, 0.6) is 0 Å². The molecule has 0 unspecified atom stereocenters. The average Bonchev–Trinajstić information content (AvgIpc) is 2.72. The van der Waals surface area contributed by atoms with Gasteiger partial charge in [-0.3, -0.25) is 0 Å². The van der Waals surface area contributed by atoms with Crippen LogP contribution in [0.4, 0.5) is 0 Å². The molecule has 4 saturated carbocycles. The highest BCUT2D eigenvalue weighted by Crippen LogP contribution is 2.61. The van der Waals surface area contributed by atoms with E-state index >= 15 is 0 Å². The molecule has 0 spiro atoms. The fourth-order valence-corrected chi connectivity index (χ4v) is 7.39. The Bertz CT molecular complexity index is 1060. The normalized spacial score (nSPS) is 30.2. The van der Waals surface area contributed by atoms with Gasteiger partial charge in [0.25, 0.3) is 0 Å². The molecule has 0 aliphatic heterocycles. The van der Waals surface area contributed by atoms with Crippen LogP contribution in [-0.2, 0) is 12.0 Å². The molecule has 7 rings (SSSR count). The highest BCUT2D eigenvalue weighted by Gasteiger charge is 2.51. The molecule has 0 aromatic heterocycles. The predicted molar refractivity (Wildman–Crippen MR) is 120 cm³/mol. The second-order valence-electron chi connectivity index (χ2n) is 10.3. The minimum absolute atomic E-state index is 0.101. The Balaban J connectivity index is 1.42. The highest BCUT2D eigenvalue weighted by atomic mass is 16.3. The van der Waals surface area contributed by atoms with Crippen LogP contribution in [0.25, 0.3) is 21.9 Å². The summed E-state index contributed by atoms with van der Waals surface area (Å²) in [5.41, 5.74) is 7.22. The zero-order chi connectivity index (χ0) is 19.6. The van der Waals surface area contributed by atoms with Gasteiger partial charge in [0.05, 0.1) is 6.61 Å². The van der Waals surface area contributed by atoms with Gasteiger partial charge in [0.1, 0.15) is 0 Å². The van der Waals surface area contributed by atoms with Crippen molar-refractivity contribution in [2.45, 2.75) is 57.5 Å². The first-order chi connectivity index (χ1) is 14.1. The molecule has 1 heteroatoms. The lowest BCUT2D eigenvalue weighted by molar-refractivity contribution is -0.00544. The van der Waals surface area contributed by atoms with Crippen LogP contribution < -0.4 is 0 Å². The van der Waals surface area contributed by atoms with Gasteiger partial charge >= 0.3 is 0 Å². The first-order valence-electron chi connectivity index (χ1n) is 11.4. The molecule has 1 N–H and O–H groups in total. The molecule has 0 heterocycles. The van der Waals surface area contributed by atoms with Gasteiger partial charge in [-0.25, -0.2) is 0 Å². The van der Waals surface area contributed by atoms with Crippen LogP contribution >= 0.6 is 0 Å². The summed E-state index contributed by atoms with van der Waals surface area (Å²) in [7, 11) is 0. The lowest BCUT2D eigenvalue weighted by Gasteiger charge is -2.57. The summed E-state index contributed by atoms with van der Waals surface area (Å²) < 4.78 is 0. The number of aliphatic hydroxyl groups is 1. The average molecular weight is 383 g/mol. The van der Waals surface area contributed by atoms with Crippen LogP contribution in [0.1, 0.15) is 55.2 Å². The predicted octanol–water partition coefficient (Wildman–Crippen LogP) is 6.78. The van der Waals surface area contributed by atoms with E-state index in [1.165, 1.54) is 66.0 Å². The van der Waals surface area contributed by atoms with E-state index in [0.29, 0.717) is 5.41 Å². The van der Waals surface area contributed by atoms with Crippen molar-refractivity contribution in [3.05, 3.63) is 71.3 Å². The maximum absolute atomic E-state index is 9.40. The number of hydrogen-bond donors (Lipinski definition) is 1. The molecule has 4 aliphatic rings. The largest absolute Gasteiger partial charge is 0.392 e. The fraction of sp³-hybridized carbons (Fsp3) is 0.429. The van der Waals surface area contributed by atoms with Crippen LogP contribution in [0, 0.1) is 24.7 Å². The summed E-state index contributed by atoms with van der Waals surface area (Å²) in [5, 5.41) is 11.9. The van der Waals surface area contributed by atoms with Crippen molar-refractivity contribution in [2.24, 2.45) is 17.8 Å². The molecular weight excluding hydrogens is 352 g/mol. The van der Waals surface area contributed by atoms with E-state index in [1.807, 2.05) is 6.07 Å². The van der Waals surface area contributed by atoms with E-state index in [2.05, 4.69) is 55.5 Å². The summed E-state index contributed by atoms with van der Waals surface area (Å²) >= 11 is 0. The molecule has 0 radical (unpaired) electrons. The molecule has 1 nitrogen and oxygen atoms in total. The highest BCUT2D eigenvalue weighted by molar-refractivity contribution is 5.88. The standard InChI is InChI=1S/C28H30O/c1-18-2-4-26(25-7-6-23-11-19(17-29)3-5-24(23)12-25)13-27(18)28-14-20-8-21(15-28)10-22(9-20)16-28/h2-7,11-13,20-22,29H,8-10,14-17H2,1H3. The maximum Gasteiger partial charge on any atom is 0.0682 e. The van der Waals surface area contributed by atoms with Gasteiger partial charge in [0.2, 0.25) is 0 Å². The Labute approximate surface area is 173 Å². The van der Waals surface area contributed by atoms with Gasteiger partial charge < -0.3 is 5.11 Å². The first kappa shape index (κ1) is 17.7. The minimum Gasteiger partial charge on any atom is -0.392 e. The second kappa shape index (κ2) is 6.44. The molecule has 148 valence electrons. The molecular formula is C28H30O. The molecule has 4 bridgehead atoms. The molecule has 4 fully saturated rings. The molecule has 3 aromatic carbocycles. The van der Waals surface area contributed by atoms with Crippen LogP contribution in [-0.4, -0.2) is 5.11 Å². The molecule has 0 atom stereocenters.